The quantitative estimate of drug-likeness (QED) is 0.782. The topological polar surface area (TPSA) is 70.0 Å². The largest absolute Gasteiger partial charge is 0.481 e. The molecule has 1 heterocycles. The first kappa shape index (κ1) is 17.1. The number of carboxylic acids is 1. The van der Waals surface area contributed by atoms with E-state index in [1.807, 2.05) is 54.6 Å². The number of rotatable bonds is 5. The highest BCUT2D eigenvalue weighted by Gasteiger charge is 2.31. The van der Waals surface area contributed by atoms with Crippen LogP contribution in [0.4, 0.5) is 0 Å². The lowest BCUT2D eigenvalue weighted by atomic mass is 10.2. The fourth-order valence-corrected chi connectivity index (χ4v) is 2.76. The summed E-state index contributed by atoms with van der Waals surface area (Å²) in [6.07, 6.45) is 1.57. The Morgan fingerprint density at radius 1 is 1.12 bits per heavy atom. The predicted octanol–water partition coefficient (Wildman–Crippen LogP) is 3.55. The molecule has 3 rings (SSSR count). The molecule has 0 saturated carbocycles. The van der Waals surface area contributed by atoms with Gasteiger partial charge in [0.25, 0.3) is 5.91 Å². The van der Waals surface area contributed by atoms with Crippen molar-refractivity contribution in [3.63, 3.8) is 0 Å². The van der Waals surface area contributed by atoms with E-state index in [0.29, 0.717) is 11.5 Å². The summed E-state index contributed by atoms with van der Waals surface area (Å²) >= 11 is 3.38. The SMILES string of the molecule is O=C(O)CCN1C(=O)/C(=C/c2ccccc2)N=C1c1ccc(Br)cc1. The number of aliphatic carboxylic acids is 1. The van der Waals surface area contributed by atoms with Gasteiger partial charge in [-0.15, -0.1) is 0 Å². The summed E-state index contributed by atoms with van der Waals surface area (Å²) in [5, 5.41) is 8.96. The smallest absolute Gasteiger partial charge is 0.305 e. The van der Waals surface area contributed by atoms with Gasteiger partial charge < -0.3 is 5.11 Å². The predicted molar refractivity (Wildman–Crippen MR) is 99.1 cm³/mol. The number of carbonyl (C=O) groups is 2. The van der Waals surface area contributed by atoms with Gasteiger partial charge in [0.1, 0.15) is 11.5 Å². The van der Waals surface area contributed by atoms with E-state index in [0.717, 1.165) is 15.6 Å². The zero-order valence-corrected chi connectivity index (χ0v) is 14.8. The zero-order chi connectivity index (χ0) is 17.8. The third-order valence-electron chi connectivity index (χ3n) is 3.70. The molecule has 0 radical (unpaired) electrons. The van der Waals surface area contributed by atoms with E-state index >= 15 is 0 Å². The van der Waals surface area contributed by atoms with Crippen LogP contribution < -0.4 is 0 Å². The lowest BCUT2D eigenvalue weighted by Crippen LogP contribution is -2.34. The van der Waals surface area contributed by atoms with Crippen LogP contribution in [0.25, 0.3) is 6.08 Å². The van der Waals surface area contributed by atoms with Gasteiger partial charge in [-0.2, -0.15) is 0 Å². The minimum atomic E-state index is -0.955. The van der Waals surface area contributed by atoms with Crippen molar-refractivity contribution in [3.05, 3.63) is 75.9 Å². The van der Waals surface area contributed by atoms with E-state index in [1.165, 1.54) is 4.90 Å². The molecule has 0 spiro atoms. The first-order chi connectivity index (χ1) is 12.0. The highest BCUT2D eigenvalue weighted by molar-refractivity contribution is 9.10. The van der Waals surface area contributed by atoms with Crippen molar-refractivity contribution in [1.82, 2.24) is 4.90 Å². The fourth-order valence-electron chi connectivity index (χ4n) is 2.49. The molecule has 5 nitrogen and oxygen atoms in total. The molecule has 126 valence electrons. The van der Waals surface area contributed by atoms with Gasteiger partial charge in [-0.05, 0) is 23.8 Å². The number of carbonyl (C=O) groups excluding carboxylic acids is 1. The molecule has 0 bridgehead atoms. The minimum Gasteiger partial charge on any atom is -0.481 e. The second-order valence-corrected chi connectivity index (χ2v) is 6.40. The summed E-state index contributed by atoms with van der Waals surface area (Å²) in [7, 11) is 0. The van der Waals surface area contributed by atoms with Crippen molar-refractivity contribution in [2.45, 2.75) is 6.42 Å². The molecule has 0 fully saturated rings. The normalized spacial score (nSPS) is 15.6. The lowest BCUT2D eigenvalue weighted by Gasteiger charge is -2.17. The number of amidine groups is 1. The van der Waals surface area contributed by atoms with Gasteiger partial charge in [-0.3, -0.25) is 14.5 Å². The van der Waals surface area contributed by atoms with E-state index in [2.05, 4.69) is 20.9 Å². The molecule has 0 atom stereocenters. The minimum absolute atomic E-state index is 0.0786. The van der Waals surface area contributed by atoms with E-state index in [4.69, 9.17) is 5.11 Å². The number of benzene rings is 2. The van der Waals surface area contributed by atoms with Crippen molar-refractivity contribution in [3.8, 4) is 0 Å². The number of aliphatic imine (C=N–C) groups is 1. The van der Waals surface area contributed by atoms with Gasteiger partial charge in [0.05, 0.1) is 6.42 Å². The molecule has 6 heteroatoms. The second-order valence-electron chi connectivity index (χ2n) is 5.48. The summed E-state index contributed by atoms with van der Waals surface area (Å²) in [6, 6.07) is 16.8. The molecule has 1 amide bonds. The van der Waals surface area contributed by atoms with Crippen LogP contribution in [0.15, 0.2) is 69.8 Å². The Labute approximate surface area is 153 Å². The zero-order valence-electron chi connectivity index (χ0n) is 13.2. The van der Waals surface area contributed by atoms with Gasteiger partial charge in [0.2, 0.25) is 0 Å². The molecule has 0 aliphatic carbocycles. The average molecular weight is 399 g/mol. The van der Waals surface area contributed by atoms with Gasteiger partial charge >= 0.3 is 5.97 Å². The number of amides is 1. The molecule has 25 heavy (non-hydrogen) atoms. The number of hydrogen-bond donors (Lipinski definition) is 1. The van der Waals surface area contributed by atoms with Gasteiger partial charge in [0, 0.05) is 16.6 Å². The molecule has 0 saturated heterocycles. The number of nitrogens with zero attached hydrogens (tertiary/aromatic N) is 2. The Hall–Kier alpha value is -2.73. The van der Waals surface area contributed by atoms with E-state index in [1.54, 1.807) is 6.08 Å². The molecule has 1 aliphatic heterocycles. The second kappa shape index (κ2) is 7.44. The molecule has 1 aliphatic rings. The van der Waals surface area contributed by atoms with Crippen LogP contribution in [0.5, 0.6) is 0 Å². The number of carboxylic acid groups (broad SMARTS) is 1. The van der Waals surface area contributed by atoms with Gasteiger partial charge in [-0.1, -0.05) is 58.4 Å². The van der Waals surface area contributed by atoms with Crippen LogP contribution in [0, 0.1) is 0 Å². The van der Waals surface area contributed by atoms with Crippen molar-refractivity contribution in [2.24, 2.45) is 4.99 Å². The first-order valence-electron chi connectivity index (χ1n) is 7.69. The monoisotopic (exact) mass is 398 g/mol. The fraction of sp³-hybridized carbons (Fsp3) is 0.105. The molecular weight excluding hydrogens is 384 g/mol. The van der Waals surface area contributed by atoms with Crippen LogP contribution in [0.2, 0.25) is 0 Å². The Bertz CT molecular complexity index is 858. The Morgan fingerprint density at radius 3 is 2.44 bits per heavy atom. The molecule has 1 N–H and O–H groups in total. The summed E-state index contributed by atoms with van der Waals surface area (Å²) < 4.78 is 0.915. The molecule has 2 aromatic carbocycles. The molecule has 0 aromatic heterocycles. The molecule has 0 unspecified atom stereocenters. The molecular formula is C19H15BrN2O3. The Morgan fingerprint density at radius 2 is 1.80 bits per heavy atom. The van der Waals surface area contributed by atoms with Crippen LogP contribution in [-0.2, 0) is 9.59 Å². The highest BCUT2D eigenvalue weighted by atomic mass is 79.9. The van der Waals surface area contributed by atoms with Crippen molar-refractivity contribution < 1.29 is 14.7 Å². The maximum atomic E-state index is 12.7. The Kier molecular flexibility index (Phi) is 5.09. The lowest BCUT2D eigenvalue weighted by molar-refractivity contribution is -0.137. The molecule has 2 aromatic rings. The van der Waals surface area contributed by atoms with Crippen molar-refractivity contribution in [2.75, 3.05) is 6.54 Å². The third-order valence-corrected chi connectivity index (χ3v) is 4.23. The Balaban J connectivity index is 1.98. The average Bonchev–Trinajstić information content (AvgIpc) is 2.90. The maximum Gasteiger partial charge on any atom is 0.305 e. The van der Waals surface area contributed by atoms with E-state index in [9.17, 15) is 9.59 Å². The number of halogens is 1. The first-order valence-corrected chi connectivity index (χ1v) is 8.49. The van der Waals surface area contributed by atoms with Crippen molar-refractivity contribution >= 4 is 39.7 Å². The van der Waals surface area contributed by atoms with Crippen LogP contribution in [-0.4, -0.2) is 34.3 Å². The van der Waals surface area contributed by atoms with E-state index in [-0.39, 0.29) is 18.9 Å². The summed E-state index contributed by atoms with van der Waals surface area (Å²) in [5.41, 5.74) is 1.93. The van der Waals surface area contributed by atoms with Gasteiger partial charge in [0.15, 0.2) is 0 Å². The van der Waals surface area contributed by atoms with Crippen LogP contribution in [0.1, 0.15) is 17.5 Å². The number of hydrogen-bond acceptors (Lipinski definition) is 3. The third kappa shape index (κ3) is 4.03. The summed E-state index contributed by atoms with van der Waals surface area (Å²) in [4.78, 5) is 29.5. The summed E-state index contributed by atoms with van der Waals surface area (Å²) in [5.74, 6) is -0.771. The van der Waals surface area contributed by atoms with Crippen LogP contribution in [0.3, 0.4) is 0 Å². The van der Waals surface area contributed by atoms with Gasteiger partial charge in [-0.25, -0.2) is 4.99 Å². The van der Waals surface area contributed by atoms with Crippen LogP contribution >= 0.6 is 15.9 Å². The standard InChI is InChI=1S/C19H15BrN2O3/c20-15-8-6-14(7-9-15)18-21-16(12-13-4-2-1-3-5-13)19(25)22(18)11-10-17(23)24/h1-9,12H,10-11H2,(H,23,24)/b16-12-. The van der Waals surface area contributed by atoms with Crippen molar-refractivity contribution in [1.29, 1.82) is 0 Å². The highest BCUT2D eigenvalue weighted by Crippen LogP contribution is 2.23. The van der Waals surface area contributed by atoms with E-state index < -0.39 is 5.97 Å². The maximum absolute atomic E-state index is 12.7. The summed E-state index contributed by atoms with van der Waals surface area (Å²) in [6.45, 7) is 0.0786.